The molecule has 1 aromatic heterocycles. The molecule has 1 aromatic carbocycles. The predicted molar refractivity (Wildman–Crippen MR) is 104 cm³/mol. The van der Waals surface area contributed by atoms with Crippen molar-refractivity contribution in [3.8, 4) is 5.75 Å². The van der Waals surface area contributed by atoms with E-state index in [1.807, 2.05) is 23.2 Å². The fraction of sp³-hybridized carbons (Fsp3) is 0.455. The van der Waals surface area contributed by atoms with Crippen molar-refractivity contribution in [1.82, 2.24) is 14.8 Å². The molecular weight excluding hydrogens is 338 g/mol. The molecule has 2 aliphatic heterocycles. The van der Waals surface area contributed by atoms with Gasteiger partial charge in [0, 0.05) is 51.4 Å². The van der Waals surface area contributed by atoms with Crippen molar-refractivity contribution in [1.29, 1.82) is 0 Å². The van der Waals surface area contributed by atoms with E-state index in [4.69, 9.17) is 4.74 Å². The molecule has 1 unspecified atom stereocenters. The van der Waals surface area contributed by atoms with Gasteiger partial charge in [-0.25, -0.2) is 0 Å². The lowest BCUT2D eigenvalue weighted by molar-refractivity contribution is -0.133. The second-order valence-electron chi connectivity index (χ2n) is 7.58. The summed E-state index contributed by atoms with van der Waals surface area (Å²) in [5.74, 6) is 1.18. The third-order valence-corrected chi connectivity index (χ3v) is 5.56. The molecule has 1 saturated heterocycles. The maximum absolute atomic E-state index is 12.3. The highest BCUT2D eigenvalue weighted by atomic mass is 16.5. The summed E-state index contributed by atoms with van der Waals surface area (Å²) in [7, 11) is 0. The van der Waals surface area contributed by atoms with E-state index >= 15 is 0 Å². The first-order chi connectivity index (χ1) is 13.2. The molecule has 0 saturated carbocycles. The number of benzene rings is 1. The molecule has 0 radical (unpaired) electrons. The number of nitrogens with zero attached hydrogens (tertiary/aromatic N) is 3. The van der Waals surface area contributed by atoms with Gasteiger partial charge in [-0.15, -0.1) is 0 Å². The Bertz CT molecular complexity index is 793. The summed E-state index contributed by atoms with van der Waals surface area (Å²) in [6, 6.07) is 10.8. The van der Waals surface area contributed by atoms with E-state index in [9.17, 15) is 4.79 Å². The van der Waals surface area contributed by atoms with Crippen LogP contribution in [-0.2, 0) is 24.3 Å². The summed E-state index contributed by atoms with van der Waals surface area (Å²) in [6.45, 7) is 6.05. The highest BCUT2D eigenvalue weighted by molar-refractivity contribution is 5.73. The lowest BCUT2D eigenvalue weighted by atomic mass is 10.0. The molecule has 1 amide bonds. The monoisotopic (exact) mass is 365 g/mol. The molecule has 0 spiro atoms. The van der Waals surface area contributed by atoms with E-state index < -0.39 is 0 Å². The number of hydrogen-bond acceptors (Lipinski definition) is 4. The van der Waals surface area contributed by atoms with Gasteiger partial charge >= 0.3 is 0 Å². The van der Waals surface area contributed by atoms with Gasteiger partial charge in [0.1, 0.15) is 5.75 Å². The van der Waals surface area contributed by atoms with Crippen molar-refractivity contribution < 1.29 is 9.53 Å². The Hall–Kier alpha value is -2.40. The van der Waals surface area contributed by atoms with E-state index in [2.05, 4.69) is 28.1 Å². The Morgan fingerprint density at radius 3 is 3.07 bits per heavy atom. The van der Waals surface area contributed by atoms with Crippen LogP contribution in [0.25, 0.3) is 0 Å². The van der Waals surface area contributed by atoms with E-state index in [0.29, 0.717) is 6.54 Å². The minimum absolute atomic E-state index is 0.139. The van der Waals surface area contributed by atoms with Crippen molar-refractivity contribution in [3.05, 3.63) is 59.4 Å². The number of pyridine rings is 1. The Labute approximate surface area is 161 Å². The second kappa shape index (κ2) is 8.09. The van der Waals surface area contributed by atoms with Crippen LogP contribution in [0.1, 0.15) is 36.5 Å². The van der Waals surface area contributed by atoms with Crippen molar-refractivity contribution in [3.63, 3.8) is 0 Å². The first-order valence-corrected chi connectivity index (χ1v) is 9.82. The van der Waals surface area contributed by atoms with Crippen LogP contribution in [0.3, 0.4) is 0 Å². The molecule has 0 bridgehead atoms. The Balaban J connectivity index is 1.42. The van der Waals surface area contributed by atoms with Crippen LogP contribution < -0.4 is 4.74 Å². The van der Waals surface area contributed by atoms with Gasteiger partial charge in [0.05, 0.1) is 6.61 Å². The van der Waals surface area contributed by atoms with Gasteiger partial charge in [0.25, 0.3) is 0 Å². The number of ether oxygens (including phenoxy) is 1. The van der Waals surface area contributed by atoms with Gasteiger partial charge in [-0.3, -0.25) is 14.7 Å². The first-order valence-electron chi connectivity index (χ1n) is 9.82. The normalized spacial score (nSPS) is 19.4. The molecule has 27 heavy (non-hydrogen) atoms. The van der Waals surface area contributed by atoms with Gasteiger partial charge in [-0.1, -0.05) is 18.2 Å². The lowest BCUT2D eigenvalue weighted by Crippen LogP contribution is -2.49. The molecule has 4 rings (SSSR count). The largest absolute Gasteiger partial charge is 0.493 e. The number of fused-ring (bicyclic) bond motifs is 1. The van der Waals surface area contributed by atoms with Crippen molar-refractivity contribution in [2.45, 2.75) is 45.3 Å². The molecule has 0 aliphatic carbocycles. The van der Waals surface area contributed by atoms with Crippen LogP contribution in [0.5, 0.6) is 5.75 Å². The van der Waals surface area contributed by atoms with Crippen LogP contribution in [0, 0.1) is 0 Å². The molecule has 2 aromatic rings. The topological polar surface area (TPSA) is 45.7 Å². The minimum Gasteiger partial charge on any atom is -0.493 e. The number of aromatic nitrogens is 1. The molecule has 142 valence electrons. The summed E-state index contributed by atoms with van der Waals surface area (Å²) in [5, 5.41) is 0. The highest BCUT2D eigenvalue weighted by Crippen LogP contribution is 2.27. The third-order valence-electron chi connectivity index (χ3n) is 5.56. The molecule has 3 heterocycles. The number of carbonyl (C=O) groups excluding carboxylic acids is 1. The zero-order valence-electron chi connectivity index (χ0n) is 15.9. The lowest BCUT2D eigenvalue weighted by Gasteiger charge is -2.39. The molecular formula is C22H27N3O2. The van der Waals surface area contributed by atoms with Crippen molar-refractivity contribution in [2.75, 3.05) is 19.7 Å². The molecule has 5 heteroatoms. The van der Waals surface area contributed by atoms with Crippen LogP contribution in [0.2, 0.25) is 0 Å². The second-order valence-corrected chi connectivity index (χ2v) is 7.58. The highest BCUT2D eigenvalue weighted by Gasteiger charge is 2.27. The van der Waals surface area contributed by atoms with E-state index in [1.165, 1.54) is 11.1 Å². The van der Waals surface area contributed by atoms with Crippen LogP contribution in [0.15, 0.2) is 42.7 Å². The fourth-order valence-electron chi connectivity index (χ4n) is 4.21. The summed E-state index contributed by atoms with van der Waals surface area (Å²) >= 11 is 0. The van der Waals surface area contributed by atoms with Crippen molar-refractivity contribution >= 4 is 5.91 Å². The number of likely N-dealkylation sites (tertiary alicyclic amines) is 1. The number of hydrogen-bond donors (Lipinski definition) is 0. The SMILES string of the molecule is CC(=O)N(Cc1cccnc1)C1CCCN(Cc2ccc3c(c2)CCO3)C1. The van der Waals surface area contributed by atoms with Crippen LogP contribution in [0.4, 0.5) is 0 Å². The van der Waals surface area contributed by atoms with Gasteiger partial charge in [-0.2, -0.15) is 0 Å². The average molecular weight is 365 g/mol. The fourth-order valence-corrected chi connectivity index (χ4v) is 4.21. The number of piperidine rings is 1. The van der Waals surface area contributed by atoms with Gasteiger partial charge in [-0.05, 0) is 48.2 Å². The smallest absolute Gasteiger partial charge is 0.220 e. The number of rotatable bonds is 5. The standard InChI is InChI=1S/C22H27N3O2/c1-17(26)25(15-19-4-2-9-23-13-19)21-5-3-10-24(16-21)14-18-6-7-22-20(12-18)8-11-27-22/h2,4,6-7,9,12-13,21H,3,5,8,10-11,14-16H2,1H3. The first kappa shape index (κ1) is 18.0. The molecule has 1 fully saturated rings. The maximum Gasteiger partial charge on any atom is 0.220 e. The van der Waals surface area contributed by atoms with E-state index in [0.717, 1.165) is 56.8 Å². The van der Waals surface area contributed by atoms with Crippen molar-refractivity contribution in [2.24, 2.45) is 0 Å². The number of carbonyl (C=O) groups is 1. The summed E-state index contributed by atoms with van der Waals surface area (Å²) in [6.07, 6.45) is 6.81. The van der Waals surface area contributed by atoms with E-state index in [1.54, 1.807) is 13.1 Å². The summed E-state index contributed by atoms with van der Waals surface area (Å²) in [5.41, 5.74) is 3.74. The Morgan fingerprint density at radius 2 is 2.26 bits per heavy atom. The number of amides is 1. The molecule has 1 atom stereocenters. The molecule has 2 aliphatic rings. The quantitative estimate of drug-likeness (QED) is 0.817. The predicted octanol–water partition coefficient (Wildman–Crippen LogP) is 3.03. The maximum atomic E-state index is 12.3. The molecule has 5 nitrogen and oxygen atoms in total. The van der Waals surface area contributed by atoms with Crippen LogP contribution in [-0.4, -0.2) is 46.4 Å². The summed E-state index contributed by atoms with van der Waals surface area (Å²) in [4.78, 5) is 21.0. The average Bonchev–Trinajstić information content (AvgIpc) is 3.15. The summed E-state index contributed by atoms with van der Waals surface area (Å²) < 4.78 is 5.61. The zero-order valence-corrected chi connectivity index (χ0v) is 15.9. The van der Waals surface area contributed by atoms with Gasteiger partial charge in [0.2, 0.25) is 5.91 Å². The van der Waals surface area contributed by atoms with E-state index in [-0.39, 0.29) is 11.9 Å². The van der Waals surface area contributed by atoms with Gasteiger partial charge in [0.15, 0.2) is 0 Å². The minimum atomic E-state index is 0.139. The van der Waals surface area contributed by atoms with Crippen LogP contribution >= 0.6 is 0 Å². The van der Waals surface area contributed by atoms with Gasteiger partial charge < -0.3 is 9.64 Å². The Morgan fingerprint density at radius 1 is 1.33 bits per heavy atom. The molecule has 0 N–H and O–H groups in total. The third kappa shape index (κ3) is 4.30. The Kier molecular flexibility index (Phi) is 5.39. The zero-order chi connectivity index (χ0) is 18.6.